The highest BCUT2D eigenvalue weighted by molar-refractivity contribution is 6.36. The number of anilines is 1. The molecule has 1 fully saturated rings. The molecule has 1 saturated heterocycles. The van der Waals surface area contributed by atoms with Crippen LogP contribution in [0.15, 0.2) is 12.3 Å². The molecule has 0 bridgehead atoms. The molecule has 1 aromatic rings. The SMILES string of the molecule is CC(C)NCC1CCN(c2ncc(Cl)cc2Cl)CC1. The third-order valence-corrected chi connectivity index (χ3v) is 4.00. The first-order valence-corrected chi connectivity index (χ1v) is 7.61. The van der Waals surface area contributed by atoms with Gasteiger partial charge in [-0.3, -0.25) is 0 Å². The van der Waals surface area contributed by atoms with Crippen LogP contribution >= 0.6 is 23.2 Å². The third-order valence-electron chi connectivity index (χ3n) is 3.52. The number of pyridine rings is 1. The zero-order valence-electron chi connectivity index (χ0n) is 11.5. The summed E-state index contributed by atoms with van der Waals surface area (Å²) in [7, 11) is 0. The summed E-state index contributed by atoms with van der Waals surface area (Å²) in [5, 5.41) is 4.74. The number of halogens is 2. The maximum absolute atomic E-state index is 6.20. The Bertz CT molecular complexity index is 415. The van der Waals surface area contributed by atoms with Crippen LogP contribution in [0.25, 0.3) is 0 Å². The maximum atomic E-state index is 6.20. The Morgan fingerprint density at radius 2 is 2.05 bits per heavy atom. The van der Waals surface area contributed by atoms with E-state index in [2.05, 4.69) is 29.0 Å². The van der Waals surface area contributed by atoms with Gasteiger partial charge in [-0.2, -0.15) is 0 Å². The topological polar surface area (TPSA) is 28.2 Å². The van der Waals surface area contributed by atoms with Crippen molar-refractivity contribution in [2.45, 2.75) is 32.7 Å². The van der Waals surface area contributed by atoms with Gasteiger partial charge in [0.25, 0.3) is 0 Å². The summed E-state index contributed by atoms with van der Waals surface area (Å²) in [6, 6.07) is 2.32. The van der Waals surface area contributed by atoms with Crippen LogP contribution in [-0.4, -0.2) is 30.7 Å². The molecule has 1 aliphatic heterocycles. The molecule has 0 atom stereocenters. The second-order valence-corrected chi connectivity index (χ2v) is 6.30. The van der Waals surface area contributed by atoms with Crippen LogP contribution < -0.4 is 10.2 Å². The first-order valence-electron chi connectivity index (χ1n) is 6.85. The van der Waals surface area contributed by atoms with Crippen LogP contribution in [0.5, 0.6) is 0 Å². The summed E-state index contributed by atoms with van der Waals surface area (Å²) in [6.07, 6.45) is 4.02. The van der Waals surface area contributed by atoms with E-state index in [0.29, 0.717) is 16.1 Å². The van der Waals surface area contributed by atoms with Gasteiger partial charge < -0.3 is 10.2 Å². The minimum Gasteiger partial charge on any atom is -0.355 e. The van der Waals surface area contributed by atoms with Crippen molar-refractivity contribution < 1.29 is 0 Å². The summed E-state index contributed by atoms with van der Waals surface area (Å²) < 4.78 is 0. The lowest BCUT2D eigenvalue weighted by Crippen LogP contribution is -2.39. The van der Waals surface area contributed by atoms with E-state index in [0.717, 1.165) is 31.4 Å². The summed E-state index contributed by atoms with van der Waals surface area (Å²) >= 11 is 12.1. The van der Waals surface area contributed by atoms with E-state index in [4.69, 9.17) is 23.2 Å². The minimum absolute atomic E-state index is 0.561. The van der Waals surface area contributed by atoms with Crippen LogP contribution in [0.4, 0.5) is 5.82 Å². The van der Waals surface area contributed by atoms with E-state index in [1.807, 2.05) is 0 Å². The van der Waals surface area contributed by atoms with E-state index < -0.39 is 0 Å². The molecule has 5 heteroatoms. The van der Waals surface area contributed by atoms with Gasteiger partial charge in [0.05, 0.1) is 10.0 Å². The van der Waals surface area contributed by atoms with E-state index >= 15 is 0 Å². The third kappa shape index (κ3) is 4.23. The molecular weight excluding hydrogens is 281 g/mol. The highest BCUT2D eigenvalue weighted by Crippen LogP contribution is 2.29. The standard InChI is InChI=1S/C14H21Cl2N3/c1-10(2)17-8-11-3-5-19(6-4-11)14-13(16)7-12(15)9-18-14/h7,9-11,17H,3-6,8H2,1-2H3. The molecule has 0 saturated carbocycles. The molecule has 106 valence electrons. The van der Waals surface area contributed by atoms with Gasteiger partial charge in [0, 0.05) is 25.3 Å². The van der Waals surface area contributed by atoms with Crippen LogP contribution in [0.1, 0.15) is 26.7 Å². The van der Waals surface area contributed by atoms with Gasteiger partial charge in [-0.1, -0.05) is 37.0 Å². The predicted octanol–water partition coefficient (Wildman–Crippen LogP) is 3.60. The van der Waals surface area contributed by atoms with Crippen LogP contribution in [0.3, 0.4) is 0 Å². The Balaban J connectivity index is 1.89. The van der Waals surface area contributed by atoms with Crippen molar-refractivity contribution in [1.82, 2.24) is 10.3 Å². The maximum Gasteiger partial charge on any atom is 0.147 e. The fourth-order valence-electron chi connectivity index (χ4n) is 2.39. The van der Waals surface area contributed by atoms with Crippen LogP contribution in [0.2, 0.25) is 10.0 Å². The van der Waals surface area contributed by atoms with Gasteiger partial charge in [0.1, 0.15) is 5.82 Å². The van der Waals surface area contributed by atoms with E-state index in [-0.39, 0.29) is 0 Å². The zero-order valence-corrected chi connectivity index (χ0v) is 13.0. The average Bonchev–Trinajstić information content (AvgIpc) is 2.37. The number of nitrogens with zero attached hydrogens (tertiary/aromatic N) is 2. The molecular formula is C14H21Cl2N3. The summed E-state index contributed by atoms with van der Waals surface area (Å²) in [4.78, 5) is 6.60. The molecule has 0 unspecified atom stereocenters. The Hall–Kier alpha value is -0.510. The van der Waals surface area contributed by atoms with Gasteiger partial charge >= 0.3 is 0 Å². The molecule has 1 aromatic heterocycles. The van der Waals surface area contributed by atoms with Crippen molar-refractivity contribution in [2.75, 3.05) is 24.5 Å². The monoisotopic (exact) mass is 301 g/mol. The number of rotatable bonds is 4. The number of hydrogen-bond donors (Lipinski definition) is 1. The van der Waals surface area contributed by atoms with Crippen LogP contribution in [0, 0.1) is 5.92 Å². The average molecular weight is 302 g/mol. The number of piperidine rings is 1. The van der Waals surface area contributed by atoms with E-state index in [1.54, 1.807) is 12.3 Å². The lowest BCUT2D eigenvalue weighted by Gasteiger charge is -2.33. The fourth-order valence-corrected chi connectivity index (χ4v) is 2.89. The highest BCUT2D eigenvalue weighted by atomic mass is 35.5. The Kier molecular flexibility index (Phi) is 5.31. The largest absolute Gasteiger partial charge is 0.355 e. The Morgan fingerprint density at radius 3 is 2.63 bits per heavy atom. The van der Waals surface area contributed by atoms with E-state index in [1.165, 1.54) is 12.8 Å². The second kappa shape index (κ2) is 6.78. The lowest BCUT2D eigenvalue weighted by molar-refractivity contribution is 0.370. The van der Waals surface area contributed by atoms with Gasteiger partial charge in [0.15, 0.2) is 0 Å². The van der Waals surface area contributed by atoms with Crippen molar-refractivity contribution in [3.63, 3.8) is 0 Å². The van der Waals surface area contributed by atoms with Crippen molar-refractivity contribution in [3.8, 4) is 0 Å². The summed E-state index contributed by atoms with van der Waals surface area (Å²) in [5.74, 6) is 1.62. The molecule has 0 amide bonds. The molecule has 3 nitrogen and oxygen atoms in total. The Morgan fingerprint density at radius 1 is 1.37 bits per heavy atom. The first-order chi connectivity index (χ1) is 9.06. The highest BCUT2D eigenvalue weighted by Gasteiger charge is 2.21. The summed E-state index contributed by atoms with van der Waals surface area (Å²) in [6.45, 7) is 7.50. The Labute approximate surface area is 125 Å². The van der Waals surface area contributed by atoms with Crippen molar-refractivity contribution in [3.05, 3.63) is 22.3 Å². The molecule has 19 heavy (non-hydrogen) atoms. The molecule has 2 heterocycles. The summed E-state index contributed by atoms with van der Waals surface area (Å²) in [5.41, 5.74) is 0. The lowest BCUT2D eigenvalue weighted by atomic mass is 9.96. The van der Waals surface area contributed by atoms with Crippen molar-refractivity contribution in [1.29, 1.82) is 0 Å². The van der Waals surface area contributed by atoms with Gasteiger partial charge in [-0.05, 0) is 31.4 Å². The van der Waals surface area contributed by atoms with Crippen molar-refractivity contribution >= 4 is 29.0 Å². The first kappa shape index (κ1) is 14.9. The molecule has 1 aliphatic rings. The number of hydrogen-bond acceptors (Lipinski definition) is 3. The fraction of sp³-hybridized carbons (Fsp3) is 0.643. The molecule has 0 aromatic carbocycles. The zero-order chi connectivity index (χ0) is 13.8. The van der Waals surface area contributed by atoms with E-state index in [9.17, 15) is 0 Å². The minimum atomic E-state index is 0.561. The molecule has 0 spiro atoms. The predicted molar refractivity (Wildman–Crippen MR) is 82.3 cm³/mol. The van der Waals surface area contributed by atoms with Gasteiger partial charge in [-0.25, -0.2) is 4.98 Å². The molecule has 0 aliphatic carbocycles. The number of aromatic nitrogens is 1. The smallest absolute Gasteiger partial charge is 0.147 e. The molecule has 0 radical (unpaired) electrons. The number of nitrogens with one attached hydrogen (secondary N) is 1. The van der Waals surface area contributed by atoms with Gasteiger partial charge in [-0.15, -0.1) is 0 Å². The quantitative estimate of drug-likeness (QED) is 0.921. The van der Waals surface area contributed by atoms with Crippen LogP contribution in [-0.2, 0) is 0 Å². The van der Waals surface area contributed by atoms with Gasteiger partial charge in [0.2, 0.25) is 0 Å². The molecule has 2 rings (SSSR count). The second-order valence-electron chi connectivity index (χ2n) is 5.45. The molecule has 1 N–H and O–H groups in total. The van der Waals surface area contributed by atoms with Crippen molar-refractivity contribution in [2.24, 2.45) is 5.92 Å². The normalized spacial score (nSPS) is 17.2.